The topological polar surface area (TPSA) is 3.24 Å². The van der Waals surface area contributed by atoms with Crippen LogP contribution in [-0.2, 0) is 0 Å². The molecule has 1 saturated heterocycles. The Balaban J connectivity index is 2.50. The van der Waals surface area contributed by atoms with Gasteiger partial charge in [-0.25, -0.2) is 0 Å². The van der Waals surface area contributed by atoms with Crippen LogP contribution < -0.4 is 0 Å². The molecule has 12 heavy (non-hydrogen) atoms. The SMILES string of the molecule is C=CCC1CCCN1C([S])C=C. The van der Waals surface area contributed by atoms with Crippen LogP contribution in [0.4, 0.5) is 0 Å². The van der Waals surface area contributed by atoms with Crippen molar-refractivity contribution < 1.29 is 0 Å². The maximum atomic E-state index is 5.26. The minimum Gasteiger partial charge on any atom is -0.284 e. The van der Waals surface area contributed by atoms with Gasteiger partial charge in [-0.05, 0) is 25.8 Å². The third-order valence-corrected chi connectivity index (χ3v) is 2.85. The molecule has 0 aliphatic carbocycles. The molecule has 1 fully saturated rings. The number of rotatable bonds is 4. The Morgan fingerprint density at radius 3 is 2.92 bits per heavy atom. The second kappa shape index (κ2) is 4.73. The van der Waals surface area contributed by atoms with E-state index < -0.39 is 0 Å². The lowest BCUT2D eigenvalue weighted by molar-refractivity contribution is 0.265. The van der Waals surface area contributed by atoms with Crippen LogP contribution in [0.3, 0.4) is 0 Å². The normalized spacial score (nSPS) is 26.9. The van der Waals surface area contributed by atoms with Gasteiger partial charge in [0, 0.05) is 6.04 Å². The summed E-state index contributed by atoms with van der Waals surface area (Å²) < 4.78 is 0. The minimum atomic E-state index is 0.109. The summed E-state index contributed by atoms with van der Waals surface area (Å²) in [7, 11) is 0. The van der Waals surface area contributed by atoms with Crippen LogP contribution in [0.15, 0.2) is 25.3 Å². The fourth-order valence-corrected chi connectivity index (χ4v) is 2.05. The third-order valence-electron chi connectivity index (χ3n) is 2.39. The monoisotopic (exact) mass is 182 g/mol. The van der Waals surface area contributed by atoms with E-state index in [9.17, 15) is 0 Å². The first-order valence-electron chi connectivity index (χ1n) is 4.44. The largest absolute Gasteiger partial charge is 0.284 e. The number of nitrogens with zero attached hydrogens (tertiary/aromatic N) is 1. The Bertz CT molecular complexity index is 167. The van der Waals surface area contributed by atoms with Crippen LogP contribution in [0.2, 0.25) is 0 Å². The maximum Gasteiger partial charge on any atom is 0.0848 e. The first-order chi connectivity index (χ1) is 5.79. The zero-order valence-corrected chi connectivity index (χ0v) is 8.22. The molecule has 1 rings (SSSR count). The van der Waals surface area contributed by atoms with Crippen molar-refractivity contribution in [2.45, 2.75) is 30.7 Å². The predicted molar refractivity (Wildman–Crippen MR) is 56.1 cm³/mol. The van der Waals surface area contributed by atoms with Crippen molar-refractivity contribution in [3.63, 3.8) is 0 Å². The van der Waals surface area contributed by atoms with E-state index in [1.165, 1.54) is 12.8 Å². The second-order valence-electron chi connectivity index (χ2n) is 3.18. The molecule has 1 radical (unpaired) electrons. The quantitative estimate of drug-likeness (QED) is 0.604. The van der Waals surface area contributed by atoms with Crippen LogP contribution in [-0.4, -0.2) is 22.9 Å². The van der Waals surface area contributed by atoms with Gasteiger partial charge in [-0.15, -0.1) is 13.2 Å². The predicted octanol–water partition coefficient (Wildman–Crippen LogP) is 2.74. The van der Waals surface area contributed by atoms with Gasteiger partial charge in [0.1, 0.15) is 0 Å². The van der Waals surface area contributed by atoms with Crippen LogP contribution in [0, 0.1) is 0 Å². The number of likely N-dealkylation sites (tertiary alicyclic amines) is 1. The minimum absolute atomic E-state index is 0.109. The smallest absolute Gasteiger partial charge is 0.0848 e. The molecule has 0 aromatic carbocycles. The summed E-state index contributed by atoms with van der Waals surface area (Å²) in [5.74, 6) is 0. The maximum absolute atomic E-state index is 5.26. The van der Waals surface area contributed by atoms with Gasteiger partial charge in [-0.1, -0.05) is 24.8 Å². The van der Waals surface area contributed by atoms with E-state index >= 15 is 0 Å². The summed E-state index contributed by atoms with van der Waals surface area (Å²) in [4.78, 5) is 2.34. The highest BCUT2D eigenvalue weighted by Crippen LogP contribution is 2.24. The molecule has 0 N–H and O–H groups in total. The van der Waals surface area contributed by atoms with Crippen LogP contribution in [0.5, 0.6) is 0 Å². The number of hydrogen-bond acceptors (Lipinski definition) is 1. The molecule has 2 atom stereocenters. The van der Waals surface area contributed by atoms with Crippen molar-refractivity contribution >= 4 is 12.6 Å². The van der Waals surface area contributed by atoms with Gasteiger partial charge < -0.3 is 0 Å². The van der Waals surface area contributed by atoms with Gasteiger partial charge in [0.15, 0.2) is 0 Å². The van der Waals surface area contributed by atoms with E-state index in [1.807, 2.05) is 12.2 Å². The van der Waals surface area contributed by atoms with Crippen LogP contribution in [0.25, 0.3) is 0 Å². The molecule has 0 bridgehead atoms. The Morgan fingerprint density at radius 1 is 1.58 bits per heavy atom. The van der Waals surface area contributed by atoms with Gasteiger partial charge in [-0.2, -0.15) is 0 Å². The molecule has 0 aromatic heterocycles. The fourth-order valence-electron chi connectivity index (χ4n) is 1.77. The highest BCUT2D eigenvalue weighted by molar-refractivity contribution is 7.81. The zero-order chi connectivity index (χ0) is 8.97. The second-order valence-corrected chi connectivity index (χ2v) is 3.67. The molecular weight excluding hydrogens is 166 g/mol. The Kier molecular flexibility index (Phi) is 3.89. The first-order valence-corrected chi connectivity index (χ1v) is 4.91. The summed E-state index contributed by atoms with van der Waals surface area (Å²) in [5, 5.41) is 0.109. The molecule has 2 heteroatoms. The van der Waals surface area contributed by atoms with Crippen molar-refractivity contribution in [3.05, 3.63) is 25.3 Å². The molecule has 0 amide bonds. The lowest BCUT2D eigenvalue weighted by atomic mass is 10.1. The Hall–Kier alpha value is -0.210. The summed E-state index contributed by atoms with van der Waals surface area (Å²) in [6.45, 7) is 8.61. The Morgan fingerprint density at radius 2 is 2.33 bits per heavy atom. The van der Waals surface area contributed by atoms with Crippen molar-refractivity contribution in [3.8, 4) is 0 Å². The van der Waals surface area contributed by atoms with E-state index in [2.05, 4.69) is 18.1 Å². The van der Waals surface area contributed by atoms with Crippen molar-refractivity contribution in [2.75, 3.05) is 6.54 Å². The molecule has 67 valence electrons. The summed E-state index contributed by atoms with van der Waals surface area (Å²) in [6.07, 6.45) is 7.40. The highest BCUT2D eigenvalue weighted by Gasteiger charge is 2.26. The van der Waals surface area contributed by atoms with Crippen molar-refractivity contribution in [1.82, 2.24) is 4.90 Å². The summed E-state index contributed by atoms with van der Waals surface area (Å²) in [5.41, 5.74) is 0. The van der Waals surface area contributed by atoms with E-state index in [1.54, 1.807) is 0 Å². The van der Waals surface area contributed by atoms with Gasteiger partial charge in [-0.3, -0.25) is 4.90 Å². The van der Waals surface area contributed by atoms with Gasteiger partial charge >= 0.3 is 0 Å². The standard InChI is InChI=1S/C10H16NS/c1-3-6-9-7-5-8-11(9)10(12)4-2/h3-4,9-10H,1-2,5-8H2. The lowest BCUT2D eigenvalue weighted by Gasteiger charge is -2.26. The van der Waals surface area contributed by atoms with Gasteiger partial charge in [0.2, 0.25) is 0 Å². The van der Waals surface area contributed by atoms with E-state index in [-0.39, 0.29) is 5.37 Å². The van der Waals surface area contributed by atoms with Gasteiger partial charge in [0.25, 0.3) is 0 Å². The van der Waals surface area contributed by atoms with E-state index in [0.29, 0.717) is 6.04 Å². The van der Waals surface area contributed by atoms with E-state index in [0.717, 1.165) is 13.0 Å². The molecule has 0 spiro atoms. The third kappa shape index (κ3) is 2.14. The summed E-state index contributed by atoms with van der Waals surface area (Å²) in [6, 6.07) is 0.614. The molecule has 2 unspecified atom stereocenters. The average Bonchev–Trinajstić information content (AvgIpc) is 2.52. The molecule has 1 aliphatic heterocycles. The zero-order valence-electron chi connectivity index (χ0n) is 7.41. The fraction of sp³-hybridized carbons (Fsp3) is 0.600. The molecular formula is C10H16NS. The summed E-state index contributed by atoms with van der Waals surface area (Å²) >= 11 is 5.26. The molecule has 1 nitrogen and oxygen atoms in total. The van der Waals surface area contributed by atoms with Crippen LogP contribution >= 0.6 is 12.6 Å². The van der Waals surface area contributed by atoms with Crippen molar-refractivity contribution in [2.24, 2.45) is 0 Å². The molecule has 1 heterocycles. The van der Waals surface area contributed by atoms with Crippen molar-refractivity contribution in [1.29, 1.82) is 0 Å². The van der Waals surface area contributed by atoms with Gasteiger partial charge in [0.05, 0.1) is 5.37 Å². The molecule has 0 aromatic rings. The number of hydrogen-bond donors (Lipinski definition) is 0. The molecule has 1 aliphatic rings. The molecule has 0 saturated carbocycles. The highest BCUT2D eigenvalue weighted by atomic mass is 32.1. The Labute approximate surface area is 80.6 Å². The van der Waals surface area contributed by atoms with E-state index in [4.69, 9.17) is 12.6 Å². The van der Waals surface area contributed by atoms with Crippen LogP contribution in [0.1, 0.15) is 19.3 Å². The lowest BCUT2D eigenvalue weighted by Crippen LogP contribution is -2.34. The average molecular weight is 182 g/mol. The first kappa shape index (κ1) is 9.87.